The first kappa shape index (κ1) is 16.3. The van der Waals surface area contributed by atoms with Gasteiger partial charge in [-0.05, 0) is 25.1 Å². The Balaban J connectivity index is 3.30. The minimum Gasteiger partial charge on any atom is -0.480 e. The van der Waals surface area contributed by atoms with E-state index in [9.17, 15) is 18.0 Å². The highest BCUT2D eigenvalue weighted by atomic mass is 19.4. The van der Waals surface area contributed by atoms with Crippen molar-refractivity contribution in [1.29, 1.82) is 10.5 Å². The van der Waals surface area contributed by atoms with E-state index in [4.69, 9.17) is 15.6 Å². The van der Waals surface area contributed by atoms with Crippen LogP contribution < -0.4 is 4.90 Å². The molecule has 1 rings (SSSR count). The molecule has 0 heterocycles. The van der Waals surface area contributed by atoms with Crippen molar-refractivity contribution in [3.63, 3.8) is 0 Å². The summed E-state index contributed by atoms with van der Waals surface area (Å²) in [6.07, 6.45) is -4.61. The molecule has 1 aromatic rings. The Kier molecular flexibility index (Phi) is 4.77. The third-order valence-electron chi connectivity index (χ3n) is 2.75. The number of carbonyl (C=O) groups is 1. The van der Waals surface area contributed by atoms with Crippen LogP contribution in [0.1, 0.15) is 18.1 Å². The molecule has 1 unspecified atom stereocenters. The van der Waals surface area contributed by atoms with Gasteiger partial charge in [0, 0.05) is 5.69 Å². The van der Waals surface area contributed by atoms with Crippen molar-refractivity contribution in [1.82, 2.24) is 0 Å². The Morgan fingerprint density at radius 2 is 1.90 bits per heavy atom. The van der Waals surface area contributed by atoms with Gasteiger partial charge in [0.15, 0.2) is 0 Å². The Hall–Kier alpha value is -2.74. The van der Waals surface area contributed by atoms with Gasteiger partial charge in [-0.2, -0.15) is 23.7 Å². The van der Waals surface area contributed by atoms with Crippen molar-refractivity contribution in [2.75, 3.05) is 11.4 Å². The summed E-state index contributed by atoms with van der Waals surface area (Å²) in [5, 5.41) is 26.6. The summed E-state index contributed by atoms with van der Waals surface area (Å²) in [4.78, 5) is 11.6. The smallest absolute Gasteiger partial charge is 0.405 e. The molecule has 1 atom stereocenters. The number of hydrogen-bond donors (Lipinski definition) is 1. The van der Waals surface area contributed by atoms with E-state index in [0.29, 0.717) is 4.90 Å². The van der Waals surface area contributed by atoms with Crippen molar-refractivity contribution in [2.24, 2.45) is 0 Å². The number of alkyl halides is 3. The first-order chi connectivity index (χ1) is 9.69. The van der Waals surface area contributed by atoms with Crippen LogP contribution >= 0.6 is 0 Å². The summed E-state index contributed by atoms with van der Waals surface area (Å²) < 4.78 is 37.8. The van der Waals surface area contributed by atoms with Crippen LogP contribution in [0.25, 0.3) is 0 Å². The first-order valence-corrected chi connectivity index (χ1v) is 5.70. The van der Waals surface area contributed by atoms with E-state index in [2.05, 4.69) is 0 Å². The van der Waals surface area contributed by atoms with Crippen LogP contribution in [-0.4, -0.2) is 29.8 Å². The van der Waals surface area contributed by atoms with Crippen LogP contribution in [0.4, 0.5) is 18.9 Å². The van der Waals surface area contributed by atoms with Gasteiger partial charge in [-0.1, -0.05) is 0 Å². The lowest BCUT2D eigenvalue weighted by Gasteiger charge is -2.29. The number of nitrogens with zero attached hydrogens (tertiary/aromatic N) is 3. The van der Waals surface area contributed by atoms with Gasteiger partial charge in [0.25, 0.3) is 0 Å². The standard InChI is InChI=1S/C13H10F3N3O2/c1-8(12(20)21)19(7-13(14,15)16)11-3-2-9(5-17)10(4-11)6-18/h2-4,8H,7H2,1H3,(H,20,21). The normalized spacial score (nSPS) is 12.1. The van der Waals surface area contributed by atoms with Crippen LogP contribution in [0.2, 0.25) is 0 Å². The third-order valence-corrected chi connectivity index (χ3v) is 2.75. The zero-order valence-corrected chi connectivity index (χ0v) is 10.8. The predicted molar refractivity (Wildman–Crippen MR) is 66.4 cm³/mol. The number of nitriles is 2. The predicted octanol–water partition coefficient (Wildman–Crippen LogP) is 2.27. The number of aliphatic carboxylic acids is 1. The molecule has 0 saturated carbocycles. The zero-order chi connectivity index (χ0) is 16.2. The highest BCUT2D eigenvalue weighted by molar-refractivity contribution is 5.78. The quantitative estimate of drug-likeness (QED) is 0.921. The maximum atomic E-state index is 12.6. The fourth-order valence-corrected chi connectivity index (χ4v) is 1.68. The molecular formula is C13H10F3N3O2. The highest BCUT2D eigenvalue weighted by Gasteiger charge is 2.35. The van der Waals surface area contributed by atoms with Crippen LogP contribution in [0, 0.1) is 22.7 Å². The molecule has 0 bridgehead atoms. The maximum absolute atomic E-state index is 12.6. The molecule has 0 amide bonds. The average Bonchev–Trinajstić information content (AvgIpc) is 2.42. The minimum absolute atomic E-state index is 0.0104. The van der Waals surface area contributed by atoms with Gasteiger partial charge in [-0.15, -0.1) is 0 Å². The maximum Gasteiger partial charge on any atom is 0.405 e. The first-order valence-electron chi connectivity index (χ1n) is 5.70. The van der Waals surface area contributed by atoms with Gasteiger partial charge in [0.1, 0.15) is 24.7 Å². The molecule has 0 aliphatic rings. The molecule has 0 spiro atoms. The van der Waals surface area contributed by atoms with E-state index in [1.807, 2.05) is 0 Å². The summed E-state index contributed by atoms with van der Waals surface area (Å²) in [6.45, 7) is -0.366. The SMILES string of the molecule is CC(C(=O)O)N(CC(F)(F)F)c1ccc(C#N)c(C#N)c1. The van der Waals surface area contributed by atoms with Crippen LogP contribution in [0.15, 0.2) is 18.2 Å². The molecule has 0 saturated heterocycles. The number of carboxylic acid groups (broad SMARTS) is 1. The Labute approximate surface area is 118 Å². The molecule has 8 heteroatoms. The molecule has 0 aliphatic heterocycles. The van der Waals surface area contributed by atoms with E-state index in [0.717, 1.165) is 13.0 Å². The second kappa shape index (κ2) is 6.14. The molecule has 5 nitrogen and oxygen atoms in total. The zero-order valence-electron chi connectivity index (χ0n) is 10.8. The second-order valence-corrected chi connectivity index (χ2v) is 4.21. The van der Waals surface area contributed by atoms with Crippen molar-refractivity contribution < 1.29 is 23.1 Å². The number of anilines is 1. The molecule has 21 heavy (non-hydrogen) atoms. The number of halogens is 3. The van der Waals surface area contributed by atoms with Crippen LogP contribution in [-0.2, 0) is 4.79 Å². The lowest BCUT2D eigenvalue weighted by Crippen LogP contribution is -2.44. The van der Waals surface area contributed by atoms with Crippen LogP contribution in [0.3, 0.4) is 0 Å². The average molecular weight is 297 g/mol. The van der Waals surface area contributed by atoms with Gasteiger partial charge in [0.2, 0.25) is 0 Å². The largest absolute Gasteiger partial charge is 0.480 e. The molecule has 110 valence electrons. The number of benzene rings is 1. The summed E-state index contributed by atoms with van der Waals surface area (Å²) in [7, 11) is 0. The number of rotatable bonds is 4. The lowest BCUT2D eigenvalue weighted by molar-refractivity contribution is -0.140. The Morgan fingerprint density at radius 1 is 1.33 bits per heavy atom. The summed E-state index contributed by atoms with van der Waals surface area (Å²) in [5.74, 6) is -1.43. The molecule has 0 radical (unpaired) electrons. The Bertz CT molecular complexity index is 629. The molecule has 0 fully saturated rings. The molecule has 0 aromatic heterocycles. The fraction of sp³-hybridized carbons (Fsp3) is 0.308. The van der Waals surface area contributed by atoms with Crippen molar-refractivity contribution in [3.05, 3.63) is 29.3 Å². The topological polar surface area (TPSA) is 88.1 Å². The third kappa shape index (κ3) is 4.11. The number of hydrogen-bond acceptors (Lipinski definition) is 4. The van der Waals surface area contributed by atoms with Gasteiger partial charge in [-0.25, -0.2) is 4.79 Å². The van der Waals surface area contributed by atoms with Crippen molar-refractivity contribution in [3.8, 4) is 12.1 Å². The summed E-state index contributed by atoms with van der Waals surface area (Å²) in [5.41, 5.74) is -0.186. The molecule has 1 aromatic carbocycles. The minimum atomic E-state index is -4.61. The number of carboxylic acids is 1. The van der Waals surface area contributed by atoms with Gasteiger partial charge in [-0.3, -0.25) is 0 Å². The molecule has 0 aliphatic carbocycles. The summed E-state index contributed by atoms with van der Waals surface area (Å²) in [6, 6.07) is 5.43. The Morgan fingerprint density at radius 3 is 2.33 bits per heavy atom. The monoisotopic (exact) mass is 297 g/mol. The van der Waals surface area contributed by atoms with Gasteiger partial charge < -0.3 is 10.0 Å². The molecule has 1 N–H and O–H groups in total. The van der Waals surface area contributed by atoms with E-state index in [1.165, 1.54) is 12.1 Å². The van der Waals surface area contributed by atoms with Crippen LogP contribution in [0.5, 0.6) is 0 Å². The van der Waals surface area contributed by atoms with E-state index < -0.39 is 24.7 Å². The fourth-order valence-electron chi connectivity index (χ4n) is 1.68. The molecular weight excluding hydrogens is 287 g/mol. The van der Waals surface area contributed by atoms with Gasteiger partial charge in [0.05, 0.1) is 11.1 Å². The second-order valence-electron chi connectivity index (χ2n) is 4.21. The van der Waals surface area contributed by atoms with Crippen molar-refractivity contribution >= 4 is 11.7 Å². The van der Waals surface area contributed by atoms with E-state index in [1.54, 1.807) is 12.1 Å². The highest BCUT2D eigenvalue weighted by Crippen LogP contribution is 2.26. The van der Waals surface area contributed by atoms with E-state index >= 15 is 0 Å². The van der Waals surface area contributed by atoms with E-state index in [-0.39, 0.29) is 16.8 Å². The van der Waals surface area contributed by atoms with Crippen molar-refractivity contribution in [2.45, 2.75) is 19.1 Å². The van der Waals surface area contributed by atoms with Gasteiger partial charge >= 0.3 is 12.1 Å². The lowest BCUT2D eigenvalue weighted by atomic mass is 10.1. The summed E-state index contributed by atoms with van der Waals surface area (Å²) >= 11 is 0.